The van der Waals surface area contributed by atoms with Gasteiger partial charge in [-0.15, -0.1) is 0 Å². The fourth-order valence-corrected chi connectivity index (χ4v) is 3.51. The molecular weight excluding hydrogens is 258 g/mol. The van der Waals surface area contributed by atoms with Gasteiger partial charge in [-0.05, 0) is 53.4 Å². The third-order valence-electron chi connectivity index (χ3n) is 4.27. The van der Waals surface area contributed by atoms with Gasteiger partial charge in [0.2, 0.25) is 0 Å². The number of hydrogen-bond donors (Lipinski definition) is 0. The van der Waals surface area contributed by atoms with Crippen LogP contribution in [0.2, 0.25) is 0 Å². The normalized spacial score (nSPS) is 33.0. The van der Waals surface area contributed by atoms with E-state index < -0.39 is 11.0 Å². The maximum absolute atomic E-state index is 12.3. The van der Waals surface area contributed by atoms with Crippen LogP contribution in [0.15, 0.2) is 0 Å². The minimum Gasteiger partial charge on any atom is -0.469 e. The van der Waals surface area contributed by atoms with Crippen LogP contribution in [0.1, 0.15) is 53.4 Å². The smallest absolute Gasteiger partial charge is 0.410 e. The van der Waals surface area contributed by atoms with Crippen LogP contribution in [0.25, 0.3) is 0 Å². The second-order valence-electron chi connectivity index (χ2n) is 7.23. The van der Waals surface area contributed by atoms with E-state index >= 15 is 0 Å². The second-order valence-corrected chi connectivity index (χ2v) is 7.23. The average Bonchev–Trinajstić information content (AvgIpc) is 2.59. The van der Waals surface area contributed by atoms with Crippen molar-refractivity contribution in [3.63, 3.8) is 0 Å². The number of nitrogens with zero attached hydrogens (tertiary/aromatic N) is 1. The first-order valence-corrected chi connectivity index (χ1v) is 7.26. The van der Waals surface area contributed by atoms with Crippen LogP contribution in [0.4, 0.5) is 4.79 Å². The van der Waals surface area contributed by atoms with Crippen LogP contribution >= 0.6 is 0 Å². The third kappa shape index (κ3) is 2.76. The number of amides is 1. The van der Waals surface area contributed by atoms with E-state index in [1.807, 2.05) is 32.6 Å². The Labute approximate surface area is 120 Å². The zero-order chi connectivity index (χ0) is 15.1. The lowest BCUT2D eigenvalue weighted by atomic mass is 9.76. The van der Waals surface area contributed by atoms with Crippen molar-refractivity contribution in [1.29, 1.82) is 0 Å². The van der Waals surface area contributed by atoms with Crippen LogP contribution in [0, 0.1) is 5.41 Å². The number of carbonyl (C=O) groups excluding carboxylic acids is 2. The van der Waals surface area contributed by atoms with Gasteiger partial charge >= 0.3 is 12.1 Å². The molecule has 1 amide bonds. The number of hydrogen-bond acceptors (Lipinski definition) is 4. The molecule has 2 rings (SSSR count). The molecule has 0 radical (unpaired) electrons. The number of ether oxygens (including phenoxy) is 2. The summed E-state index contributed by atoms with van der Waals surface area (Å²) in [5, 5.41) is 0. The summed E-state index contributed by atoms with van der Waals surface area (Å²) in [5.74, 6) is -0.168. The van der Waals surface area contributed by atoms with E-state index in [1.54, 1.807) is 0 Å². The summed E-state index contributed by atoms with van der Waals surface area (Å²) in [7, 11) is 1.43. The Kier molecular flexibility index (Phi) is 3.73. The van der Waals surface area contributed by atoms with E-state index in [1.165, 1.54) is 7.11 Å². The predicted octanol–water partition coefficient (Wildman–Crippen LogP) is 2.73. The molecule has 2 unspecified atom stereocenters. The van der Waals surface area contributed by atoms with Gasteiger partial charge in [-0.25, -0.2) is 4.79 Å². The highest BCUT2D eigenvalue weighted by atomic mass is 16.6. The van der Waals surface area contributed by atoms with E-state index in [9.17, 15) is 9.59 Å². The quantitative estimate of drug-likeness (QED) is 0.694. The van der Waals surface area contributed by atoms with Crippen molar-refractivity contribution in [2.75, 3.05) is 7.11 Å². The van der Waals surface area contributed by atoms with Crippen molar-refractivity contribution in [3.05, 3.63) is 0 Å². The highest BCUT2D eigenvalue weighted by molar-refractivity contribution is 5.77. The van der Waals surface area contributed by atoms with Crippen LogP contribution in [-0.2, 0) is 14.3 Å². The molecular formula is C15H25NO4. The predicted molar refractivity (Wildman–Crippen MR) is 74.2 cm³/mol. The molecule has 5 nitrogen and oxygen atoms in total. The molecule has 0 aromatic rings. The lowest BCUT2D eigenvalue weighted by Gasteiger charge is -2.43. The lowest BCUT2D eigenvalue weighted by molar-refractivity contribution is -0.156. The highest BCUT2D eigenvalue weighted by Gasteiger charge is 2.52. The average molecular weight is 283 g/mol. The van der Waals surface area contributed by atoms with Gasteiger partial charge in [-0.3, -0.25) is 4.79 Å². The Bertz CT molecular complexity index is 399. The van der Waals surface area contributed by atoms with Crippen molar-refractivity contribution >= 4 is 12.1 Å². The molecule has 0 saturated carbocycles. The summed E-state index contributed by atoms with van der Waals surface area (Å²) >= 11 is 0. The number of piperidine rings is 1. The van der Waals surface area contributed by atoms with Crippen molar-refractivity contribution in [2.24, 2.45) is 5.41 Å². The van der Waals surface area contributed by atoms with Crippen molar-refractivity contribution in [1.82, 2.24) is 4.90 Å². The first-order valence-electron chi connectivity index (χ1n) is 7.26. The number of rotatable bonds is 1. The molecule has 2 fully saturated rings. The Balaban J connectivity index is 2.11. The molecule has 2 saturated heterocycles. The topological polar surface area (TPSA) is 55.8 Å². The lowest BCUT2D eigenvalue weighted by Crippen LogP contribution is -2.53. The zero-order valence-electron chi connectivity index (χ0n) is 13.1. The van der Waals surface area contributed by atoms with Crippen LogP contribution in [0.3, 0.4) is 0 Å². The van der Waals surface area contributed by atoms with Gasteiger partial charge in [0.1, 0.15) is 5.60 Å². The van der Waals surface area contributed by atoms with E-state index in [0.29, 0.717) is 12.8 Å². The van der Waals surface area contributed by atoms with Crippen molar-refractivity contribution in [3.8, 4) is 0 Å². The molecule has 0 N–H and O–H groups in total. The fourth-order valence-electron chi connectivity index (χ4n) is 3.51. The molecule has 2 aliphatic rings. The molecule has 0 aromatic heterocycles. The molecule has 20 heavy (non-hydrogen) atoms. The standard InChI is InChI=1S/C15H25NO4/c1-14(2,3)20-13(18)16-10-6-7-11(16)9-15(4,8-10)12(17)19-5/h10-11H,6-9H2,1-5H3. The van der Waals surface area contributed by atoms with Crippen LogP contribution < -0.4 is 0 Å². The SMILES string of the molecule is COC(=O)C1(C)CC2CCC(C1)N2C(=O)OC(C)(C)C. The Hall–Kier alpha value is -1.26. The number of esters is 1. The van der Waals surface area contributed by atoms with Gasteiger partial charge in [0.05, 0.1) is 12.5 Å². The van der Waals surface area contributed by atoms with E-state index in [0.717, 1.165) is 12.8 Å². The molecule has 0 aliphatic carbocycles. The summed E-state index contributed by atoms with van der Waals surface area (Å²) in [6.07, 6.45) is 2.95. The zero-order valence-corrected chi connectivity index (χ0v) is 13.1. The van der Waals surface area contributed by atoms with Gasteiger partial charge in [0.15, 0.2) is 0 Å². The van der Waals surface area contributed by atoms with Crippen molar-refractivity contribution in [2.45, 2.75) is 71.1 Å². The first-order chi connectivity index (χ1) is 9.16. The van der Waals surface area contributed by atoms with Gasteiger partial charge in [0.25, 0.3) is 0 Å². The number of carbonyl (C=O) groups is 2. The van der Waals surface area contributed by atoms with Gasteiger partial charge < -0.3 is 14.4 Å². The van der Waals surface area contributed by atoms with Crippen molar-refractivity contribution < 1.29 is 19.1 Å². The molecule has 2 bridgehead atoms. The molecule has 2 aliphatic heterocycles. The van der Waals surface area contributed by atoms with E-state index in [-0.39, 0.29) is 24.1 Å². The molecule has 2 atom stereocenters. The summed E-state index contributed by atoms with van der Waals surface area (Å²) in [6, 6.07) is 0.181. The maximum atomic E-state index is 12.3. The Morgan fingerprint density at radius 1 is 1.15 bits per heavy atom. The van der Waals surface area contributed by atoms with Gasteiger partial charge in [0, 0.05) is 12.1 Å². The summed E-state index contributed by atoms with van der Waals surface area (Å²) in [4.78, 5) is 26.1. The number of fused-ring (bicyclic) bond motifs is 2. The largest absolute Gasteiger partial charge is 0.469 e. The van der Waals surface area contributed by atoms with Gasteiger partial charge in [-0.1, -0.05) is 0 Å². The van der Waals surface area contributed by atoms with Crippen LogP contribution in [-0.4, -0.2) is 41.8 Å². The first kappa shape index (κ1) is 15.1. The summed E-state index contributed by atoms with van der Waals surface area (Å²) in [5.41, 5.74) is -0.960. The van der Waals surface area contributed by atoms with Crippen LogP contribution in [0.5, 0.6) is 0 Å². The van der Waals surface area contributed by atoms with E-state index in [4.69, 9.17) is 9.47 Å². The molecule has 114 valence electrons. The molecule has 2 heterocycles. The maximum Gasteiger partial charge on any atom is 0.410 e. The monoisotopic (exact) mass is 283 g/mol. The van der Waals surface area contributed by atoms with E-state index in [2.05, 4.69) is 0 Å². The minimum absolute atomic E-state index is 0.0905. The summed E-state index contributed by atoms with van der Waals surface area (Å²) < 4.78 is 10.4. The number of methoxy groups -OCH3 is 1. The Morgan fingerprint density at radius 2 is 1.65 bits per heavy atom. The van der Waals surface area contributed by atoms with Gasteiger partial charge in [-0.2, -0.15) is 0 Å². The molecule has 0 aromatic carbocycles. The molecule has 0 spiro atoms. The highest BCUT2D eigenvalue weighted by Crippen LogP contribution is 2.46. The minimum atomic E-state index is -0.486. The Morgan fingerprint density at radius 3 is 2.05 bits per heavy atom. The third-order valence-corrected chi connectivity index (χ3v) is 4.27. The summed E-state index contributed by atoms with van der Waals surface area (Å²) in [6.45, 7) is 7.55. The fraction of sp³-hybridized carbons (Fsp3) is 0.867. The second kappa shape index (κ2) is 4.93. The molecule has 5 heteroatoms.